The highest BCUT2D eigenvalue weighted by Gasteiger charge is 2.56. The average Bonchev–Trinajstić information content (AvgIpc) is 3.17. The second kappa shape index (κ2) is 7.50. The second-order valence-corrected chi connectivity index (χ2v) is 9.75. The van der Waals surface area contributed by atoms with Crippen molar-refractivity contribution in [3.05, 3.63) is 24.3 Å². The summed E-state index contributed by atoms with van der Waals surface area (Å²) in [5.41, 5.74) is 0.266. The topological polar surface area (TPSA) is 58.6 Å². The first kappa shape index (κ1) is 19.8. The highest BCUT2D eigenvalue weighted by molar-refractivity contribution is 5.98. The highest BCUT2D eigenvalue weighted by Crippen LogP contribution is 2.60. The summed E-state index contributed by atoms with van der Waals surface area (Å²) in [6, 6.07) is 5.41. The van der Waals surface area contributed by atoms with Crippen molar-refractivity contribution < 1.29 is 23.1 Å². The van der Waals surface area contributed by atoms with E-state index in [4.69, 9.17) is 0 Å². The summed E-state index contributed by atoms with van der Waals surface area (Å²) in [7, 11) is 0. The van der Waals surface area contributed by atoms with Crippen molar-refractivity contribution in [1.82, 2.24) is 4.90 Å². The number of nitrogens with zero attached hydrogens (tertiary/aromatic N) is 1. The monoisotopic (exact) mass is 418 g/mol. The first-order chi connectivity index (χ1) is 14.4. The zero-order valence-corrected chi connectivity index (χ0v) is 17.0. The van der Waals surface area contributed by atoms with E-state index in [1.54, 1.807) is 0 Å². The van der Waals surface area contributed by atoms with Crippen LogP contribution in [-0.2, 0) is 9.59 Å². The molecule has 7 heteroatoms. The molecular formula is C23H28F2N2O3. The van der Waals surface area contributed by atoms with Gasteiger partial charge < -0.3 is 15.0 Å². The second-order valence-electron chi connectivity index (χ2n) is 9.75. The molecule has 4 aliphatic carbocycles. The smallest absolute Gasteiger partial charge is 0.387 e. The van der Waals surface area contributed by atoms with Crippen LogP contribution < -0.4 is 10.1 Å². The van der Waals surface area contributed by atoms with Crippen LogP contribution in [0.25, 0.3) is 0 Å². The van der Waals surface area contributed by atoms with Crippen LogP contribution in [0, 0.1) is 23.2 Å². The number of anilines is 1. The number of likely N-dealkylation sites (tertiary alicyclic amines) is 1. The zero-order chi connectivity index (χ0) is 20.9. The number of alkyl halides is 2. The fourth-order valence-electron chi connectivity index (χ4n) is 6.90. The Bertz CT molecular complexity index is 791. The number of carbonyl (C=O) groups excluding carboxylic acids is 2. The van der Waals surface area contributed by atoms with E-state index in [0.717, 1.165) is 25.7 Å². The van der Waals surface area contributed by atoms with Crippen molar-refractivity contribution in [3.63, 3.8) is 0 Å². The van der Waals surface area contributed by atoms with Gasteiger partial charge >= 0.3 is 6.61 Å². The largest absolute Gasteiger partial charge is 0.435 e. The molecule has 4 saturated carbocycles. The number of hydrogen-bond acceptors (Lipinski definition) is 3. The standard InChI is InChI=1S/C23H28F2N2O3/c24-22(25)30-18-5-3-17(4-6-18)26-20(28)19-2-1-7-27(19)21(29)23-11-14-8-15(12-23)10-16(9-14)13-23/h3-6,14-16,19,22H,1-2,7-13H2,(H,26,28). The minimum Gasteiger partial charge on any atom is -0.435 e. The van der Waals surface area contributed by atoms with E-state index < -0.39 is 12.7 Å². The molecule has 1 aromatic rings. The molecule has 5 fully saturated rings. The molecular weight excluding hydrogens is 390 g/mol. The maximum Gasteiger partial charge on any atom is 0.387 e. The van der Waals surface area contributed by atoms with E-state index in [0.29, 0.717) is 36.4 Å². The minimum absolute atomic E-state index is 0.0440. The van der Waals surface area contributed by atoms with Gasteiger partial charge in [-0.2, -0.15) is 8.78 Å². The van der Waals surface area contributed by atoms with Gasteiger partial charge in [-0.1, -0.05) is 0 Å². The zero-order valence-electron chi connectivity index (χ0n) is 17.0. The average molecular weight is 418 g/mol. The molecule has 6 rings (SSSR count). The molecule has 0 aromatic heterocycles. The molecule has 1 heterocycles. The summed E-state index contributed by atoms with van der Waals surface area (Å²) in [5, 5.41) is 2.85. The van der Waals surface area contributed by atoms with Gasteiger partial charge in [0.15, 0.2) is 0 Å². The lowest BCUT2D eigenvalue weighted by atomic mass is 9.49. The van der Waals surface area contributed by atoms with Gasteiger partial charge in [-0.3, -0.25) is 9.59 Å². The lowest BCUT2D eigenvalue weighted by Crippen LogP contribution is -2.56. The number of nitrogens with one attached hydrogen (secondary N) is 1. The molecule has 1 N–H and O–H groups in total. The van der Waals surface area contributed by atoms with Crippen LogP contribution in [0.1, 0.15) is 51.4 Å². The van der Waals surface area contributed by atoms with Gasteiger partial charge in [0.25, 0.3) is 0 Å². The Labute approximate surface area is 175 Å². The van der Waals surface area contributed by atoms with E-state index >= 15 is 0 Å². The first-order valence-corrected chi connectivity index (χ1v) is 11.1. The lowest BCUT2D eigenvalue weighted by Gasteiger charge is -2.56. The summed E-state index contributed by atoms with van der Waals surface area (Å²) in [4.78, 5) is 28.5. The van der Waals surface area contributed by atoms with Gasteiger partial charge in [-0.05, 0) is 93.4 Å². The number of rotatable bonds is 5. The minimum atomic E-state index is -2.88. The maximum atomic E-state index is 13.7. The molecule has 4 bridgehead atoms. The Morgan fingerprint density at radius 1 is 1.03 bits per heavy atom. The van der Waals surface area contributed by atoms with Crippen molar-refractivity contribution in [3.8, 4) is 5.75 Å². The number of benzene rings is 1. The highest BCUT2D eigenvalue weighted by atomic mass is 19.3. The summed E-state index contributed by atoms with van der Waals surface area (Å²) in [6.45, 7) is -2.24. The summed E-state index contributed by atoms with van der Waals surface area (Å²) in [5.74, 6) is 2.09. The molecule has 162 valence electrons. The van der Waals surface area contributed by atoms with Gasteiger partial charge in [0.1, 0.15) is 11.8 Å². The third-order valence-corrected chi connectivity index (χ3v) is 7.66. The van der Waals surface area contributed by atoms with Crippen molar-refractivity contribution >= 4 is 17.5 Å². The molecule has 1 unspecified atom stereocenters. The Morgan fingerprint density at radius 3 is 2.20 bits per heavy atom. The molecule has 1 atom stereocenters. The van der Waals surface area contributed by atoms with Crippen LogP contribution in [0.4, 0.5) is 14.5 Å². The molecule has 2 amide bonds. The number of carbonyl (C=O) groups is 2. The van der Waals surface area contributed by atoms with Gasteiger partial charge in [0.05, 0.1) is 5.41 Å². The molecule has 1 saturated heterocycles. The summed E-state index contributed by atoms with van der Waals surface area (Å²) in [6.07, 6.45) is 8.32. The van der Waals surface area contributed by atoms with Crippen molar-refractivity contribution in [1.29, 1.82) is 0 Å². The maximum absolute atomic E-state index is 13.7. The van der Waals surface area contributed by atoms with E-state index in [1.807, 2.05) is 4.90 Å². The van der Waals surface area contributed by atoms with E-state index in [2.05, 4.69) is 10.1 Å². The molecule has 1 aliphatic heterocycles. The van der Waals surface area contributed by atoms with E-state index in [9.17, 15) is 18.4 Å². The van der Waals surface area contributed by atoms with Crippen LogP contribution in [0.15, 0.2) is 24.3 Å². The number of halogens is 2. The quantitative estimate of drug-likeness (QED) is 0.769. The predicted molar refractivity (Wildman–Crippen MR) is 107 cm³/mol. The molecule has 1 aromatic carbocycles. The Balaban J connectivity index is 1.27. The predicted octanol–water partition coefficient (Wildman–Crippen LogP) is 4.43. The summed E-state index contributed by atoms with van der Waals surface area (Å²) >= 11 is 0. The van der Waals surface area contributed by atoms with Gasteiger partial charge in [-0.25, -0.2) is 0 Å². The molecule has 5 aliphatic rings. The molecule has 0 spiro atoms. The Morgan fingerprint density at radius 2 is 1.63 bits per heavy atom. The third-order valence-electron chi connectivity index (χ3n) is 7.66. The van der Waals surface area contributed by atoms with Gasteiger partial charge in [0, 0.05) is 12.2 Å². The Kier molecular flexibility index (Phi) is 4.94. The van der Waals surface area contributed by atoms with Crippen molar-refractivity contribution in [2.24, 2.45) is 23.2 Å². The van der Waals surface area contributed by atoms with Gasteiger partial charge in [-0.15, -0.1) is 0 Å². The normalized spacial score (nSPS) is 34.4. The summed E-state index contributed by atoms with van der Waals surface area (Å²) < 4.78 is 28.9. The van der Waals surface area contributed by atoms with Crippen molar-refractivity contribution in [2.45, 2.75) is 64.0 Å². The van der Waals surface area contributed by atoms with Crippen molar-refractivity contribution in [2.75, 3.05) is 11.9 Å². The van der Waals surface area contributed by atoms with Crippen LogP contribution in [0.3, 0.4) is 0 Å². The lowest BCUT2D eigenvalue weighted by molar-refractivity contribution is -0.160. The number of hydrogen-bond donors (Lipinski definition) is 1. The van der Waals surface area contributed by atoms with Crippen LogP contribution in [0.5, 0.6) is 5.75 Å². The number of ether oxygens (including phenoxy) is 1. The third kappa shape index (κ3) is 3.56. The molecule has 30 heavy (non-hydrogen) atoms. The first-order valence-electron chi connectivity index (χ1n) is 11.1. The SMILES string of the molecule is O=C(Nc1ccc(OC(F)F)cc1)C1CCCN1C(=O)C12CC3CC(CC(C3)C1)C2. The van der Waals surface area contributed by atoms with E-state index in [1.165, 1.54) is 43.5 Å². The molecule has 5 nitrogen and oxygen atoms in total. The molecule has 0 radical (unpaired) electrons. The fraction of sp³-hybridized carbons (Fsp3) is 0.652. The van der Waals surface area contributed by atoms with Gasteiger partial charge in [0.2, 0.25) is 11.8 Å². The number of amides is 2. The van der Waals surface area contributed by atoms with E-state index in [-0.39, 0.29) is 23.0 Å². The van der Waals surface area contributed by atoms with Crippen LogP contribution in [-0.4, -0.2) is 35.9 Å². The Hall–Kier alpha value is -2.18. The van der Waals surface area contributed by atoms with Crippen LogP contribution >= 0.6 is 0 Å². The fourth-order valence-corrected chi connectivity index (χ4v) is 6.90. The van der Waals surface area contributed by atoms with Crippen LogP contribution in [0.2, 0.25) is 0 Å².